The van der Waals surface area contributed by atoms with E-state index in [1.807, 2.05) is 0 Å². The molecule has 0 atom stereocenters. The SMILES string of the molecule is O=C(O)NC1CCCCCCCCCCC1. The van der Waals surface area contributed by atoms with Gasteiger partial charge in [-0.3, -0.25) is 0 Å². The molecule has 0 spiro atoms. The van der Waals surface area contributed by atoms with Gasteiger partial charge in [0.1, 0.15) is 0 Å². The number of carbonyl (C=O) groups is 1. The first kappa shape index (κ1) is 13.3. The van der Waals surface area contributed by atoms with Crippen LogP contribution in [-0.4, -0.2) is 17.2 Å². The van der Waals surface area contributed by atoms with Gasteiger partial charge in [0.2, 0.25) is 0 Å². The van der Waals surface area contributed by atoms with Gasteiger partial charge in [0.15, 0.2) is 0 Å². The zero-order valence-electron chi connectivity index (χ0n) is 10.2. The third-order valence-corrected chi connectivity index (χ3v) is 3.43. The summed E-state index contributed by atoms with van der Waals surface area (Å²) in [6.45, 7) is 0. The van der Waals surface area contributed by atoms with Gasteiger partial charge in [-0.2, -0.15) is 0 Å². The lowest BCUT2D eigenvalue weighted by molar-refractivity contribution is 0.187. The molecule has 16 heavy (non-hydrogen) atoms. The van der Waals surface area contributed by atoms with Crippen LogP contribution >= 0.6 is 0 Å². The molecule has 0 saturated heterocycles. The lowest BCUT2D eigenvalue weighted by Gasteiger charge is -2.17. The van der Waals surface area contributed by atoms with Crippen molar-refractivity contribution in [2.45, 2.75) is 76.7 Å². The van der Waals surface area contributed by atoms with Gasteiger partial charge in [0.05, 0.1) is 0 Å². The van der Waals surface area contributed by atoms with Gasteiger partial charge in [0.25, 0.3) is 0 Å². The highest BCUT2D eigenvalue weighted by molar-refractivity contribution is 5.64. The molecule has 0 bridgehead atoms. The molecule has 0 aromatic heterocycles. The fourth-order valence-electron chi connectivity index (χ4n) is 2.48. The molecule has 0 radical (unpaired) electrons. The maximum atomic E-state index is 10.6. The summed E-state index contributed by atoms with van der Waals surface area (Å²) in [6, 6.07) is 0.192. The predicted octanol–water partition coefficient (Wildman–Crippen LogP) is 3.93. The molecule has 2 N–H and O–H groups in total. The largest absolute Gasteiger partial charge is 0.465 e. The summed E-state index contributed by atoms with van der Waals surface area (Å²) in [5.74, 6) is 0. The van der Waals surface area contributed by atoms with E-state index in [9.17, 15) is 4.79 Å². The molecule has 0 heterocycles. The van der Waals surface area contributed by atoms with Crippen LogP contribution in [-0.2, 0) is 0 Å². The van der Waals surface area contributed by atoms with E-state index in [0.717, 1.165) is 12.8 Å². The minimum Gasteiger partial charge on any atom is -0.465 e. The lowest BCUT2D eigenvalue weighted by Crippen LogP contribution is -2.33. The van der Waals surface area contributed by atoms with E-state index in [1.54, 1.807) is 0 Å². The van der Waals surface area contributed by atoms with E-state index in [-0.39, 0.29) is 6.04 Å². The van der Waals surface area contributed by atoms with Crippen molar-refractivity contribution in [3.05, 3.63) is 0 Å². The van der Waals surface area contributed by atoms with Crippen LogP contribution in [0, 0.1) is 0 Å². The monoisotopic (exact) mass is 227 g/mol. The fraction of sp³-hybridized carbons (Fsp3) is 0.923. The molecule has 3 heteroatoms. The van der Waals surface area contributed by atoms with Crippen molar-refractivity contribution in [1.29, 1.82) is 0 Å². The Kier molecular flexibility index (Phi) is 7.02. The molecule has 0 unspecified atom stereocenters. The van der Waals surface area contributed by atoms with Crippen LogP contribution in [0.25, 0.3) is 0 Å². The molecule has 1 aliphatic carbocycles. The normalized spacial score (nSPS) is 21.8. The Hall–Kier alpha value is -0.730. The summed E-state index contributed by atoms with van der Waals surface area (Å²) >= 11 is 0. The Balaban J connectivity index is 2.27. The van der Waals surface area contributed by atoms with Crippen LogP contribution < -0.4 is 5.32 Å². The van der Waals surface area contributed by atoms with Crippen molar-refractivity contribution in [1.82, 2.24) is 5.32 Å². The second kappa shape index (κ2) is 8.43. The Morgan fingerprint density at radius 2 is 1.19 bits per heavy atom. The molecular weight excluding hydrogens is 202 g/mol. The second-order valence-electron chi connectivity index (χ2n) is 4.91. The maximum absolute atomic E-state index is 10.6. The van der Waals surface area contributed by atoms with Crippen molar-refractivity contribution >= 4 is 6.09 Å². The third-order valence-electron chi connectivity index (χ3n) is 3.43. The molecule has 0 aromatic carbocycles. The average molecular weight is 227 g/mol. The third kappa shape index (κ3) is 6.70. The minimum absolute atomic E-state index is 0.192. The van der Waals surface area contributed by atoms with Crippen LogP contribution in [0.15, 0.2) is 0 Å². The number of carboxylic acid groups (broad SMARTS) is 1. The standard InChI is InChI=1S/C13H25NO2/c15-13(16)14-12-10-8-6-4-2-1-3-5-7-9-11-12/h12,14H,1-11H2,(H,15,16). The number of nitrogens with one attached hydrogen (secondary N) is 1. The van der Waals surface area contributed by atoms with Gasteiger partial charge in [-0.1, -0.05) is 57.8 Å². The van der Waals surface area contributed by atoms with Crippen molar-refractivity contribution in [2.24, 2.45) is 0 Å². The van der Waals surface area contributed by atoms with E-state index >= 15 is 0 Å². The highest BCUT2D eigenvalue weighted by Crippen LogP contribution is 2.16. The first-order chi connectivity index (χ1) is 7.79. The molecule has 94 valence electrons. The van der Waals surface area contributed by atoms with E-state index in [2.05, 4.69) is 5.32 Å². The molecule has 1 aliphatic rings. The van der Waals surface area contributed by atoms with Gasteiger partial charge in [-0.15, -0.1) is 0 Å². The summed E-state index contributed by atoms with van der Waals surface area (Å²) in [6.07, 6.45) is 12.8. The van der Waals surface area contributed by atoms with E-state index < -0.39 is 6.09 Å². The van der Waals surface area contributed by atoms with E-state index in [1.165, 1.54) is 57.8 Å². The zero-order valence-corrected chi connectivity index (χ0v) is 10.2. The predicted molar refractivity (Wildman–Crippen MR) is 65.7 cm³/mol. The Labute approximate surface area is 98.6 Å². The summed E-state index contributed by atoms with van der Waals surface area (Å²) < 4.78 is 0. The smallest absolute Gasteiger partial charge is 0.404 e. The first-order valence-corrected chi connectivity index (χ1v) is 6.78. The topological polar surface area (TPSA) is 49.3 Å². The van der Waals surface area contributed by atoms with Crippen LogP contribution in [0.1, 0.15) is 70.6 Å². The van der Waals surface area contributed by atoms with Crippen molar-refractivity contribution in [3.8, 4) is 0 Å². The maximum Gasteiger partial charge on any atom is 0.404 e. The number of hydrogen-bond donors (Lipinski definition) is 2. The first-order valence-electron chi connectivity index (χ1n) is 6.78. The van der Waals surface area contributed by atoms with Gasteiger partial charge in [-0.05, 0) is 12.8 Å². The Morgan fingerprint density at radius 1 is 0.812 bits per heavy atom. The van der Waals surface area contributed by atoms with Crippen LogP contribution in [0.2, 0.25) is 0 Å². The van der Waals surface area contributed by atoms with Crippen molar-refractivity contribution in [3.63, 3.8) is 0 Å². The highest BCUT2D eigenvalue weighted by atomic mass is 16.4. The molecular formula is C13H25NO2. The van der Waals surface area contributed by atoms with Crippen LogP contribution in [0.4, 0.5) is 4.79 Å². The molecule has 3 nitrogen and oxygen atoms in total. The summed E-state index contributed by atoms with van der Waals surface area (Å²) in [5.41, 5.74) is 0. The van der Waals surface area contributed by atoms with E-state index in [0.29, 0.717) is 0 Å². The zero-order chi connectivity index (χ0) is 11.6. The Morgan fingerprint density at radius 3 is 1.56 bits per heavy atom. The molecule has 1 rings (SSSR count). The van der Waals surface area contributed by atoms with Gasteiger partial charge in [0, 0.05) is 6.04 Å². The molecule has 1 fully saturated rings. The number of rotatable bonds is 1. The van der Waals surface area contributed by atoms with Gasteiger partial charge < -0.3 is 10.4 Å². The summed E-state index contributed by atoms with van der Waals surface area (Å²) in [4.78, 5) is 10.6. The molecule has 0 aromatic rings. The van der Waals surface area contributed by atoms with E-state index in [4.69, 9.17) is 5.11 Å². The van der Waals surface area contributed by atoms with Crippen LogP contribution in [0.3, 0.4) is 0 Å². The van der Waals surface area contributed by atoms with Crippen LogP contribution in [0.5, 0.6) is 0 Å². The van der Waals surface area contributed by atoms with Crippen molar-refractivity contribution in [2.75, 3.05) is 0 Å². The second-order valence-corrected chi connectivity index (χ2v) is 4.91. The number of amides is 1. The summed E-state index contributed by atoms with van der Waals surface area (Å²) in [5, 5.41) is 11.4. The molecule has 1 saturated carbocycles. The summed E-state index contributed by atoms with van der Waals surface area (Å²) in [7, 11) is 0. The van der Waals surface area contributed by atoms with Gasteiger partial charge in [-0.25, -0.2) is 4.79 Å². The minimum atomic E-state index is -0.864. The number of hydrogen-bond acceptors (Lipinski definition) is 1. The Bertz CT molecular complexity index is 182. The lowest BCUT2D eigenvalue weighted by atomic mass is 9.98. The highest BCUT2D eigenvalue weighted by Gasteiger charge is 2.11. The molecule has 1 amide bonds. The fourth-order valence-corrected chi connectivity index (χ4v) is 2.48. The average Bonchev–Trinajstić information content (AvgIpc) is 2.21. The molecule has 0 aliphatic heterocycles. The van der Waals surface area contributed by atoms with Gasteiger partial charge >= 0.3 is 6.09 Å². The van der Waals surface area contributed by atoms with Crippen molar-refractivity contribution < 1.29 is 9.90 Å². The quantitative estimate of drug-likeness (QED) is 0.713.